The molecule has 1 aliphatic heterocycles. The quantitative estimate of drug-likeness (QED) is 0.890. The van der Waals surface area contributed by atoms with Crippen LogP contribution in [-0.2, 0) is 9.59 Å². The van der Waals surface area contributed by atoms with Gasteiger partial charge in [0.25, 0.3) is 0 Å². The molecule has 6 heteroatoms. The van der Waals surface area contributed by atoms with Crippen molar-refractivity contribution in [3.05, 3.63) is 18.2 Å². The summed E-state index contributed by atoms with van der Waals surface area (Å²) in [7, 11) is 0. The van der Waals surface area contributed by atoms with E-state index in [1.807, 2.05) is 4.90 Å². The van der Waals surface area contributed by atoms with E-state index < -0.39 is 0 Å². The number of carbonyl (C=O) groups excluding carboxylic acids is 2. The zero-order valence-electron chi connectivity index (χ0n) is 14.8. The number of benzene rings is 1. The van der Waals surface area contributed by atoms with Crippen LogP contribution in [0.5, 0.6) is 11.5 Å². The Hall–Kier alpha value is -2.24. The molecule has 1 fully saturated rings. The number of amides is 2. The molecule has 1 aromatic carbocycles. The number of nitrogens with one attached hydrogen (secondary N) is 1. The van der Waals surface area contributed by atoms with Crippen molar-refractivity contribution >= 4 is 17.5 Å². The van der Waals surface area contributed by atoms with Gasteiger partial charge in [-0.15, -0.1) is 0 Å². The van der Waals surface area contributed by atoms with Gasteiger partial charge in [-0.2, -0.15) is 0 Å². The SMILES string of the molecule is CC(=O)N(CCC(=O)Nc1ccc2c(c1)OCCO2)C1CCCCC1. The summed E-state index contributed by atoms with van der Waals surface area (Å²) in [5, 5.41) is 2.88. The van der Waals surface area contributed by atoms with Crippen molar-refractivity contribution < 1.29 is 19.1 Å². The van der Waals surface area contributed by atoms with E-state index in [9.17, 15) is 9.59 Å². The van der Waals surface area contributed by atoms with Crippen molar-refractivity contribution in [2.75, 3.05) is 25.1 Å². The van der Waals surface area contributed by atoms with Gasteiger partial charge in [-0.1, -0.05) is 19.3 Å². The topological polar surface area (TPSA) is 67.9 Å². The number of fused-ring (bicyclic) bond motifs is 1. The number of hydrogen-bond donors (Lipinski definition) is 1. The lowest BCUT2D eigenvalue weighted by Crippen LogP contribution is -2.41. The third kappa shape index (κ3) is 4.65. The number of nitrogens with zero attached hydrogens (tertiary/aromatic N) is 1. The number of rotatable bonds is 5. The molecule has 0 radical (unpaired) electrons. The third-order valence-corrected chi connectivity index (χ3v) is 4.83. The lowest BCUT2D eigenvalue weighted by atomic mass is 9.94. The van der Waals surface area contributed by atoms with E-state index in [0.29, 0.717) is 43.4 Å². The van der Waals surface area contributed by atoms with E-state index >= 15 is 0 Å². The van der Waals surface area contributed by atoms with Gasteiger partial charge in [0.1, 0.15) is 13.2 Å². The van der Waals surface area contributed by atoms with Gasteiger partial charge < -0.3 is 19.7 Å². The predicted molar refractivity (Wildman–Crippen MR) is 94.9 cm³/mol. The molecule has 0 unspecified atom stereocenters. The highest BCUT2D eigenvalue weighted by Gasteiger charge is 2.23. The highest BCUT2D eigenvalue weighted by atomic mass is 16.6. The molecule has 25 heavy (non-hydrogen) atoms. The molecule has 3 rings (SSSR count). The molecule has 0 spiro atoms. The Bertz CT molecular complexity index is 626. The minimum Gasteiger partial charge on any atom is -0.486 e. The largest absolute Gasteiger partial charge is 0.486 e. The molecule has 1 aliphatic carbocycles. The molecule has 1 aromatic rings. The first-order valence-corrected chi connectivity index (χ1v) is 9.10. The van der Waals surface area contributed by atoms with Gasteiger partial charge in [-0.25, -0.2) is 0 Å². The summed E-state index contributed by atoms with van der Waals surface area (Å²) in [5.41, 5.74) is 0.682. The first-order valence-electron chi connectivity index (χ1n) is 9.10. The van der Waals surface area contributed by atoms with E-state index in [1.165, 1.54) is 6.42 Å². The van der Waals surface area contributed by atoms with Gasteiger partial charge >= 0.3 is 0 Å². The molecule has 2 aliphatic rings. The number of carbonyl (C=O) groups is 2. The minimum atomic E-state index is -0.0984. The molecule has 0 aromatic heterocycles. The van der Waals surface area contributed by atoms with Crippen LogP contribution in [0.2, 0.25) is 0 Å². The lowest BCUT2D eigenvalue weighted by molar-refractivity contribution is -0.132. The third-order valence-electron chi connectivity index (χ3n) is 4.83. The predicted octanol–water partition coefficient (Wildman–Crippen LogP) is 2.97. The first-order chi connectivity index (χ1) is 12.1. The maximum atomic E-state index is 12.3. The van der Waals surface area contributed by atoms with Crippen LogP contribution >= 0.6 is 0 Å². The molecule has 0 bridgehead atoms. The highest BCUT2D eigenvalue weighted by Crippen LogP contribution is 2.32. The Kier molecular flexibility index (Phi) is 5.79. The molecular formula is C19H26N2O4. The standard InChI is InChI=1S/C19H26N2O4/c1-14(22)21(16-5-3-2-4-6-16)10-9-19(23)20-15-7-8-17-18(13-15)25-12-11-24-17/h7-8,13,16H,2-6,9-12H2,1H3,(H,20,23). The van der Waals surface area contributed by atoms with Gasteiger partial charge in [0.15, 0.2) is 11.5 Å². The first kappa shape index (κ1) is 17.6. The zero-order chi connectivity index (χ0) is 17.6. The van der Waals surface area contributed by atoms with E-state index in [1.54, 1.807) is 25.1 Å². The summed E-state index contributed by atoms with van der Waals surface area (Å²) in [6.45, 7) is 3.11. The summed E-state index contributed by atoms with van der Waals surface area (Å²) in [5.74, 6) is 1.30. The van der Waals surface area contributed by atoms with Crippen LogP contribution in [-0.4, -0.2) is 42.5 Å². The fraction of sp³-hybridized carbons (Fsp3) is 0.579. The molecule has 0 saturated heterocycles. The van der Waals surface area contributed by atoms with Crippen LogP contribution in [0.15, 0.2) is 18.2 Å². The van der Waals surface area contributed by atoms with Crippen molar-refractivity contribution in [1.82, 2.24) is 4.90 Å². The van der Waals surface area contributed by atoms with E-state index in [0.717, 1.165) is 25.7 Å². The van der Waals surface area contributed by atoms with Crippen molar-refractivity contribution in [2.24, 2.45) is 0 Å². The highest BCUT2D eigenvalue weighted by molar-refractivity contribution is 5.91. The van der Waals surface area contributed by atoms with Crippen LogP contribution in [0.1, 0.15) is 45.4 Å². The van der Waals surface area contributed by atoms with Crippen molar-refractivity contribution in [3.63, 3.8) is 0 Å². The molecule has 136 valence electrons. The molecular weight excluding hydrogens is 320 g/mol. The van der Waals surface area contributed by atoms with Crippen molar-refractivity contribution in [2.45, 2.75) is 51.5 Å². The molecule has 1 saturated carbocycles. The average molecular weight is 346 g/mol. The van der Waals surface area contributed by atoms with Gasteiger partial charge in [0, 0.05) is 37.7 Å². The van der Waals surface area contributed by atoms with Crippen LogP contribution < -0.4 is 14.8 Å². The average Bonchev–Trinajstić information content (AvgIpc) is 2.62. The Labute approximate surface area is 148 Å². The Morgan fingerprint density at radius 3 is 2.56 bits per heavy atom. The van der Waals surface area contributed by atoms with Crippen molar-refractivity contribution in [3.8, 4) is 11.5 Å². The second-order valence-electron chi connectivity index (χ2n) is 6.66. The monoisotopic (exact) mass is 346 g/mol. The number of anilines is 1. The second kappa shape index (κ2) is 8.23. The van der Waals surface area contributed by atoms with Crippen LogP contribution in [0.4, 0.5) is 5.69 Å². The lowest BCUT2D eigenvalue weighted by Gasteiger charge is -2.33. The summed E-state index contributed by atoms with van der Waals surface area (Å²) in [6.07, 6.45) is 5.96. The van der Waals surface area contributed by atoms with Gasteiger partial charge in [0.05, 0.1) is 0 Å². The molecule has 0 atom stereocenters. The van der Waals surface area contributed by atoms with Crippen LogP contribution in [0.25, 0.3) is 0 Å². The molecule has 1 heterocycles. The Morgan fingerprint density at radius 2 is 1.84 bits per heavy atom. The smallest absolute Gasteiger partial charge is 0.226 e. The fourth-order valence-electron chi connectivity index (χ4n) is 3.56. The second-order valence-corrected chi connectivity index (χ2v) is 6.66. The summed E-state index contributed by atoms with van der Waals surface area (Å²) in [4.78, 5) is 26.1. The summed E-state index contributed by atoms with van der Waals surface area (Å²) < 4.78 is 11.0. The molecule has 1 N–H and O–H groups in total. The van der Waals surface area contributed by atoms with Crippen LogP contribution in [0.3, 0.4) is 0 Å². The Balaban J connectivity index is 1.53. The Morgan fingerprint density at radius 1 is 1.12 bits per heavy atom. The van der Waals surface area contributed by atoms with Gasteiger partial charge in [-0.05, 0) is 25.0 Å². The summed E-state index contributed by atoms with van der Waals surface area (Å²) in [6, 6.07) is 5.66. The molecule has 2 amide bonds. The van der Waals surface area contributed by atoms with E-state index in [4.69, 9.17) is 9.47 Å². The maximum absolute atomic E-state index is 12.3. The summed E-state index contributed by atoms with van der Waals surface area (Å²) >= 11 is 0. The number of ether oxygens (including phenoxy) is 2. The van der Waals surface area contributed by atoms with E-state index in [-0.39, 0.29) is 17.9 Å². The van der Waals surface area contributed by atoms with Gasteiger partial charge in [0.2, 0.25) is 11.8 Å². The van der Waals surface area contributed by atoms with Crippen LogP contribution in [0, 0.1) is 0 Å². The maximum Gasteiger partial charge on any atom is 0.226 e. The fourth-order valence-corrected chi connectivity index (χ4v) is 3.56. The minimum absolute atomic E-state index is 0.0547. The number of hydrogen-bond acceptors (Lipinski definition) is 4. The van der Waals surface area contributed by atoms with E-state index in [2.05, 4.69) is 5.32 Å². The normalized spacial score (nSPS) is 17.0. The van der Waals surface area contributed by atoms with Crippen molar-refractivity contribution in [1.29, 1.82) is 0 Å². The van der Waals surface area contributed by atoms with Gasteiger partial charge in [-0.3, -0.25) is 9.59 Å². The zero-order valence-corrected chi connectivity index (χ0v) is 14.8. The molecule has 6 nitrogen and oxygen atoms in total.